The zero-order valence-corrected chi connectivity index (χ0v) is 10.9. The van der Waals surface area contributed by atoms with Crippen LogP contribution in [0.25, 0.3) is 0 Å². The molecule has 0 bridgehead atoms. The molecule has 0 fully saturated rings. The van der Waals surface area contributed by atoms with E-state index < -0.39 is 0 Å². The normalized spacial score (nSPS) is 10.4. The van der Waals surface area contributed by atoms with Gasteiger partial charge in [0.25, 0.3) is 5.91 Å². The lowest BCUT2D eigenvalue weighted by Crippen LogP contribution is -2.18. The third-order valence-corrected chi connectivity index (χ3v) is 2.60. The Morgan fingerprint density at radius 3 is 2.80 bits per heavy atom. The highest BCUT2D eigenvalue weighted by Crippen LogP contribution is 2.16. The molecule has 2 aromatic rings. The average Bonchev–Trinajstić information content (AvgIpc) is 2.47. The molecule has 2 N–H and O–H groups in total. The highest BCUT2D eigenvalue weighted by atomic mass is 16.5. The number of ether oxygens (including phenoxy) is 1. The molecule has 0 atom stereocenters. The molecule has 0 saturated heterocycles. The van der Waals surface area contributed by atoms with Crippen molar-refractivity contribution in [3.63, 3.8) is 0 Å². The van der Waals surface area contributed by atoms with Crippen LogP contribution in [0.15, 0.2) is 53.6 Å². The molecular formula is C15H14N2O3. The van der Waals surface area contributed by atoms with Crippen LogP contribution in [-0.4, -0.2) is 24.3 Å². The SMILES string of the molecule is COc1ccccc1C(=O)N/N=C\c1cccc(O)c1. The van der Waals surface area contributed by atoms with Gasteiger partial charge in [0.1, 0.15) is 11.5 Å². The largest absolute Gasteiger partial charge is 0.508 e. The number of phenols is 1. The van der Waals surface area contributed by atoms with E-state index in [1.807, 2.05) is 0 Å². The Morgan fingerprint density at radius 2 is 2.05 bits per heavy atom. The van der Waals surface area contributed by atoms with Crippen LogP contribution < -0.4 is 10.2 Å². The van der Waals surface area contributed by atoms with Gasteiger partial charge in [-0.1, -0.05) is 24.3 Å². The zero-order chi connectivity index (χ0) is 14.4. The Hall–Kier alpha value is -2.82. The lowest BCUT2D eigenvalue weighted by molar-refractivity contribution is 0.0952. The number of hydrogen-bond acceptors (Lipinski definition) is 4. The van der Waals surface area contributed by atoms with Crippen molar-refractivity contribution >= 4 is 12.1 Å². The molecular weight excluding hydrogens is 256 g/mol. The van der Waals surface area contributed by atoms with E-state index in [0.29, 0.717) is 16.9 Å². The molecule has 0 aliphatic carbocycles. The number of rotatable bonds is 4. The maximum Gasteiger partial charge on any atom is 0.275 e. The summed E-state index contributed by atoms with van der Waals surface area (Å²) in [7, 11) is 1.50. The number of nitrogens with zero attached hydrogens (tertiary/aromatic N) is 1. The van der Waals surface area contributed by atoms with Gasteiger partial charge in [0.05, 0.1) is 18.9 Å². The standard InChI is InChI=1S/C15H14N2O3/c1-20-14-8-3-2-7-13(14)15(19)17-16-10-11-5-4-6-12(18)9-11/h2-10,18H,1H3,(H,17,19)/b16-10-. The van der Waals surface area contributed by atoms with Gasteiger partial charge in [0.2, 0.25) is 0 Å². The van der Waals surface area contributed by atoms with Crippen LogP contribution in [0, 0.1) is 0 Å². The van der Waals surface area contributed by atoms with Crippen LogP contribution >= 0.6 is 0 Å². The van der Waals surface area contributed by atoms with Gasteiger partial charge in [-0.05, 0) is 29.8 Å². The van der Waals surface area contributed by atoms with Crippen molar-refractivity contribution < 1.29 is 14.6 Å². The maximum atomic E-state index is 11.9. The Morgan fingerprint density at radius 1 is 1.25 bits per heavy atom. The van der Waals surface area contributed by atoms with Gasteiger partial charge in [0, 0.05) is 0 Å². The second-order valence-electron chi connectivity index (χ2n) is 3.99. The molecule has 0 aliphatic heterocycles. The van der Waals surface area contributed by atoms with Crippen LogP contribution in [0.5, 0.6) is 11.5 Å². The predicted molar refractivity (Wildman–Crippen MR) is 76.2 cm³/mol. The summed E-state index contributed by atoms with van der Waals surface area (Å²) >= 11 is 0. The summed E-state index contributed by atoms with van der Waals surface area (Å²) in [5.41, 5.74) is 3.50. The van der Waals surface area contributed by atoms with Crippen molar-refractivity contribution in [2.75, 3.05) is 7.11 Å². The summed E-state index contributed by atoms with van der Waals surface area (Å²) in [6, 6.07) is 13.4. The van der Waals surface area contributed by atoms with Gasteiger partial charge < -0.3 is 9.84 Å². The quantitative estimate of drug-likeness (QED) is 0.660. The molecule has 20 heavy (non-hydrogen) atoms. The fourth-order valence-electron chi connectivity index (χ4n) is 1.66. The summed E-state index contributed by atoms with van der Waals surface area (Å²) in [6.45, 7) is 0. The fraction of sp³-hybridized carbons (Fsp3) is 0.0667. The fourth-order valence-corrected chi connectivity index (χ4v) is 1.66. The first-order chi connectivity index (χ1) is 9.70. The minimum Gasteiger partial charge on any atom is -0.508 e. The molecule has 0 spiro atoms. The molecule has 2 rings (SSSR count). The Labute approximate surface area is 116 Å². The summed E-state index contributed by atoms with van der Waals surface area (Å²) < 4.78 is 5.10. The van der Waals surface area contributed by atoms with Crippen LogP contribution in [0.2, 0.25) is 0 Å². The molecule has 0 aromatic heterocycles. The topological polar surface area (TPSA) is 70.9 Å². The Kier molecular flexibility index (Phi) is 4.34. The first-order valence-electron chi connectivity index (χ1n) is 5.96. The molecule has 0 saturated carbocycles. The maximum absolute atomic E-state index is 11.9. The summed E-state index contributed by atoms with van der Waals surface area (Å²) in [4.78, 5) is 11.9. The van der Waals surface area contributed by atoms with Gasteiger partial charge >= 0.3 is 0 Å². The highest BCUT2D eigenvalue weighted by molar-refractivity contribution is 5.97. The van der Waals surface area contributed by atoms with E-state index in [9.17, 15) is 9.90 Å². The van der Waals surface area contributed by atoms with Gasteiger partial charge in [-0.2, -0.15) is 5.10 Å². The second kappa shape index (κ2) is 6.38. The number of benzene rings is 2. The van der Waals surface area contributed by atoms with Crippen LogP contribution in [0.1, 0.15) is 15.9 Å². The number of methoxy groups -OCH3 is 1. The Bertz CT molecular complexity index is 639. The number of carbonyl (C=O) groups excluding carboxylic acids is 1. The number of aromatic hydroxyl groups is 1. The van der Waals surface area contributed by atoms with Crippen molar-refractivity contribution in [3.05, 3.63) is 59.7 Å². The van der Waals surface area contributed by atoms with Crippen molar-refractivity contribution in [1.29, 1.82) is 0 Å². The first kappa shape index (κ1) is 13.6. The van der Waals surface area contributed by atoms with Crippen molar-refractivity contribution in [3.8, 4) is 11.5 Å². The molecule has 2 aromatic carbocycles. The third kappa shape index (κ3) is 3.35. The number of para-hydroxylation sites is 1. The summed E-state index contributed by atoms with van der Waals surface area (Å²) in [6.07, 6.45) is 1.45. The lowest BCUT2D eigenvalue weighted by atomic mass is 10.2. The average molecular weight is 270 g/mol. The molecule has 5 nitrogen and oxygen atoms in total. The van der Waals surface area contributed by atoms with E-state index in [4.69, 9.17) is 4.74 Å². The van der Waals surface area contributed by atoms with Crippen molar-refractivity contribution in [1.82, 2.24) is 5.43 Å². The number of phenolic OH excluding ortho intramolecular Hbond substituents is 1. The zero-order valence-electron chi connectivity index (χ0n) is 10.9. The minimum absolute atomic E-state index is 0.144. The molecule has 102 valence electrons. The smallest absolute Gasteiger partial charge is 0.275 e. The van der Waals surface area contributed by atoms with E-state index in [2.05, 4.69) is 10.5 Å². The molecule has 5 heteroatoms. The van der Waals surface area contributed by atoms with E-state index >= 15 is 0 Å². The van der Waals surface area contributed by atoms with E-state index in [1.54, 1.807) is 48.5 Å². The number of carbonyl (C=O) groups is 1. The van der Waals surface area contributed by atoms with Crippen LogP contribution in [0.3, 0.4) is 0 Å². The molecule has 0 aliphatic rings. The highest BCUT2D eigenvalue weighted by Gasteiger charge is 2.09. The molecule has 0 heterocycles. The van der Waals surface area contributed by atoms with Gasteiger partial charge in [-0.3, -0.25) is 4.79 Å². The summed E-state index contributed by atoms with van der Waals surface area (Å²) in [5, 5.41) is 13.1. The van der Waals surface area contributed by atoms with E-state index in [1.165, 1.54) is 13.3 Å². The molecule has 0 radical (unpaired) electrons. The van der Waals surface area contributed by atoms with Gasteiger partial charge in [-0.15, -0.1) is 0 Å². The number of nitrogens with one attached hydrogen (secondary N) is 1. The van der Waals surface area contributed by atoms with Crippen LogP contribution in [-0.2, 0) is 0 Å². The monoisotopic (exact) mass is 270 g/mol. The van der Waals surface area contributed by atoms with Crippen molar-refractivity contribution in [2.45, 2.75) is 0 Å². The van der Waals surface area contributed by atoms with Crippen molar-refractivity contribution in [2.24, 2.45) is 5.10 Å². The Balaban J connectivity index is 2.05. The predicted octanol–water partition coefficient (Wildman–Crippen LogP) is 2.16. The van der Waals surface area contributed by atoms with E-state index in [-0.39, 0.29) is 11.7 Å². The van der Waals surface area contributed by atoms with Gasteiger partial charge in [0.15, 0.2) is 0 Å². The molecule has 0 unspecified atom stereocenters. The second-order valence-corrected chi connectivity index (χ2v) is 3.99. The minimum atomic E-state index is -0.362. The van der Waals surface area contributed by atoms with Crippen LogP contribution in [0.4, 0.5) is 0 Å². The molecule has 1 amide bonds. The first-order valence-corrected chi connectivity index (χ1v) is 5.96. The van der Waals surface area contributed by atoms with Gasteiger partial charge in [-0.25, -0.2) is 5.43 Å². The number of hydrazone groups is 1. The number of amides is 1. The van der Waals surface area contributed by atoms with E-state index in [0.717, 1.165) is 0 Å². The lowest BCUT2D eigenvalue weighted by Gasteiger charge is -2.05. The third-order valence-electron chi connectivity index (χ3n) is 2.60. The summed E-state index contributed by atoms with van der Waals surface area (Å²) in [5.74, 6) is 0.265. The number of hydrogen-bond donors (Lipinski definition) is 2.